The molecule has 2 aliphatic heterocycles. The van der Waals surface area contributed by atoms with Crippen LogP contribution < -0.4 is 10.6 Å². The Morgan fingerprint density at radius 1 is 0.741 bits per heavy atom. The third-order valence-electron chi connectivity index (χ3n) is 10.0. The number of H-pyrrole nitrogens is 2. The molecule has 286 valence electrons. The van der Waals surface area contributed by atoms with Crippen molar-refractivity contribution >= 4 is 24.0 Å². The number of hydrogen-bond donors (Lipinski definition) is 4. The minimum Gasteiger partial charge on any atom is -0.453 e. The molecule has 0 saturated carbocycles. The first-order valence-corrected chi connectivity index (χ1v) is 17.9. The van der Waals surface area contributed by atoms with Gasteiger partial charge in [-0.1, -0.05) is 26.0 Å². The van der Waals surface area contributed by atoms with Gasteiger partial charge in [0.1, 0.15) is 35.4 Å². The van der Waals surface area contributed by atoms with Gasteiger partial charge in [0.25, 0.3) is 0 Å². The summed E-state index contributed by atoms with van der Waals surface area (Å²) in [7, 11) is 2.47. The number of alkyl carbamates (subject to hydrolysis) is 2. The predicted octanol–water partition coefficient (Wildman–Crippen LogP) is 5.86. The van der Waals surface area contributed by atoms with Gasteiger partial charge in [0.2, 0.25) is 11.8 Å². The lowest BCUT2D eigenvalue weighted by molar-refractivity contribution is -0.135. The van der Waals surface area contributed by atoms with Crippen LogP contribution in [0.3, 0.4) is 0 Å². The third kappa shape index (κ3) is 7.77. The molecule has 0 bridgehead atoms. The maximum atomic E-state index is 15.7. The summed E-state index contributed by atoms with van der Waals surface area (Å²) in [6.45, 7) is 6.24. The van der Waals surface area contributed by atoms with Crippen molar-refractivity contribution in [3.8, 4) is 33.6 Å². The Balaban J connectivity index is 1.15. The fourth-order valence-electron chi connectivity index (χ4n) is 7.17. The molecule has 6 rings (SSSR count). The first-order valence-electron chi connectivity index (χ1n) is 17.9. The molecule has 1 unspecified atom stereocenters. The maximum Gasteiger partial charge on any atom is 0.407 e. The number of benzene rings is 2. The Labute approximate surface area is 311 Å². The van der Waals surface area contributed by atoms with E-state index in [-0.39, 0.29) is 40.9 Å². The molecular weight excluding hydrogens is 702 g/mol. The Morgan fingerprint density at radius 3 is 1.65 bits per heavy atom. The molecule has 0 spiro atoms. The molecule has 0 radical (unpaired) electrons. The summed E-state index contributed by atoms with van der Waals surface area (Å²) in [6, 6.07) is 6.92. The molecule has 2 aromatic heterocycles. The van der Waals surface area contributed by atoms with E-state index in [4.69, 9.17) is 4.74 Å². The molecule has 4 aromatic rings. The summed E-state index contributed by atoms with van der Waals surface area (Å²) in [5.74, 6) is -0.770. The van der Waals surface area contributed by atoms with E-state index in [1.807, 2.05) is 13.8 Å². The molecule has 4 N–H and O–H groups in total. The predicted molar refractivity (Wildman–Crippen MR) is 194 cm³/mol. The summed E-state index contributed by atoms with van der Waals surface area (Å²) < 4.78 is 40.6. The van der Waals surface area contributed by atoms with E-state index in [1.54, 1.807) is 41.0 Å². The summed E-state index contributed by atoms with van der Waals surface area (Å²) >= 11 is 0. The number of likely N-dealkylation sites (tertiary alicyclic amines) is 2. The molecule has 4 atom stereocenters. The van der Waals surface area contributed by atoms with Gasteiger partial charge in [0.15, 0.2) is 0 Å². The number of hydrogen-bond acceptors (Lipinski definition) is 8. The van der Waals surface area contributed by atoms with E-state index < -0.39 is 35.9 Å². The number of ether oxygens (including phenoxy) is 2. The highest BCUT2D eigenvalue weighted by Crippen LogP contribution is 2.36. The Morgan fingerprint density at radius 2 is 1.20 bits per heavy atom. The van der Waals surface area contributed by atoms with Crippen LogP contribution in [0.2, 0.25) is 0 Å². The lowest BCUT2D eigenvalue weighted by Crippen LogP contribution is -2.51. The molecule has 2 fully saturated rings. The monoisotopic (exact) mass is 746 g/mol. The van der Waals surface area contributed by atoms with E-state index in [9.17, 15) is 19.2 Å². The molecule has 0 aliphatic carbocycles. The third-order valence-corrected chi connectivity index (χ3v) is 10.0. The largest absolute Gasteiger partial charge is 0.453 e. The van der Waals surface area contributed by atoms with Crippen molar-refractivity contribution in [2.24, 2.45) is 5.92 Å². The molecule has 2 saturated heterocycles. The van der Waals surface area contributed by atoms with Crippen LogP contribution in [-0.2, 0) is 19.1 Å². The summed E-state index contributed by atoms with van der Waals surface area (Å²) in [4.78, 5) is 68.7. The second-order valence-corrected chi connectivity index (χ2v) is 13.8. The lowest BCUT2D eigenvalue weighted by atomic mass is 10.00. The van der Waals surface area contributed by atoms with Crippen molar-refractivity contribution < 1.29 is 37.4 Å². The minimum atomic E-state index is -0.796. The highest BCUT2D eigenvalue weighted by Gasteiger charge is 2.38. The Bertz CT molecular complexity index is 2030. The zero-order valence-electron chi connectivity index (χ0n) is 30.7. The smallest absolute Gasteiger partial charge is 0.407 e. The Hall–Kier alpha value is -5.80. The van der Waals surface area contributed by atoms with Gasteiger partial charge in [-0.3, -0.25) is 9.59 Å². The average Bonchev–Trinajstić information content (AvgIpc) is 3.99. The molecule has 54 heavy (non-hydrogen) atoms. The summed E-state index contributed by atoms with van der Waals surface area (Å²) in [6.07, 6.45) is 4.44. The van der Waals surface area contributed by atoms with Gasteiger partial charge in [-0.2, -0.15) is 0 Å². The van der Waals surface area contributed by atoms with Crippen molar-refractivity contribution in [3.05, 3.63) is 72.1 Å². The normalized spacial score (nSPS) is 18.1. The lowest BCUT2D eigenvalue weighted by Gasteiger charge is -2.30. The molecular formula is C38H44F2N8O6. The average molecular weight is 747 g/mol. The van der Waals surface area contributed by atoms with Crippen LogP contribution in [0.5, 0.6) is 0 Å². The number of aromatic nitrogens is 4. The number of carbonyl (C=O) groups is 4. The quantitative estimate of drug-likeness (QED) is 0.156. The number of nitrogens with zero attached hydrogens (tertiary/aromatic N) is 4. The summed E-state index contributed by atoms with van der Waals surface area (Å²) in [5.41, 5.74) is 2.30. The summed E-state index contributed by atoms with van der Waals surface area (Å²) in [5, 5.41) is 5.12. The molecule has 2 aliphatic rings. The first-order chi connectivity index (χ1) is 25.9. The topological polar surface area (TPSA) is 175 Å². The SMILES string of the molecule is COC(=O)NC(C)C(=O)N1CCC[C@H]1c1ncc(-c2ccc(-c3ccc(-c4cnc([C@@H]5CCCN5C(=O)[C@@H](NC(=O)OC)C(C)C)[nH]4)c(F)c3)cc2F)[nH]1. The maximum absolute atomic E-state index is 15.7. The van der Waals surface area contributed by atoms with Gasteiger partial charge >= 0.3 is 12.2 Å². The van der Waals surface area contributed by atoms with Crippen LogP contribution in [0.1, 0.15) is 70.2 Å². The van der Waals surface area contributed by atoms with Crippen LogP contribution in [0.4, 0.5) is 18.4 Å². The van der Waals surface area contributed by atoms with E-state index in [0.29, 0.717) is 60.1 Å². The van der Waals surface area contributed by atoms with Crippen LogP contribution >= 0.6 is 0 Å². The zero-order valence-corrected chi connectivity index (χ0v) is 30.7. The second kappa shape index (κ2) is 16.1. The number of methoxy groups -OCH3 is 2. The van der Waals surface area contributed by atoms with Gasteiger partial charge in [-0.25, -0.2) is 28.3 Å². The van der Waals surface area contributed by atoms with E-state index >= 15 is 8.78 Å². The van der Waals surface area contributed by atoms with Gasteiger partial charge in [-0.05, 0) is 73.9 Å². The van der Waals surface area contributed by atoms with Crippen LogP contribution in [-0.4, -0.2) is 93.1 Å². The van der Waals surface area contributed by atoms with Crippen molar-refractivity contribution in [2.75, 3.05) is 27.3 Å². The van der Waals surface area contributed by atoms with Crippen molar-refractivity contribution in [1.82, 2.24) is 40.4 Å². The van der Waals surface area contributed by atoms with E-state index in [1.165, 1.54) is 38.7 Å². The fraction of sp³-hybridized carbons (Fsp3) is 0.421. The number of carbonyl (C=O) groups excluding carboxylic acids is 4. The molecule has 16 heteroatoms. The molecule has 4 amide bonds. The number of rotatable bonds is 10. The fourth-order valence-corrected chi connectivity index (χ4v) is 7.17. The first kappa shape index (κ1) is 37.9. The van der Waals surface area contributed by atoms with Gasteiger partial charge < -0.3 is 39.9 Å². The van der Waals surface area contributed by atoms with Crippen LogP contribution in [0, 0.1) is 17.6 Å². The second-order valence-electron chi connectivity index (χ2n) is 13.8. The number of imidazole rings is 2. The van der Waals surface area contributed by atoms with Gasteiger partial charge in [0.05, 0.1) is 50.1 Å². The zero-order chi connectivity index (χ0) is 38.7. The molecule has 4 heterocycles. The van der Waals surface area contributed by atoms with Gasteiger partial charge in [-0.15, -0.1) is 0 Å². The van der Waals surface area contributed by atoms with Crippen molar-refractivity contribution in [3.63, 3.8) is 0 Å². The minimum absolute atomic E-state index is 0.179. The standard InChI is InChI=1S/C38H44F2N8O6/c1-20(2)32(46-38(52)54-5)36(50)48-15-7-9-31(48)34-42-19-29(45-34)25-13-11-23(17-27(25)40)22-10-12-24(26(39)16-22)28-18-41-33(44-28)30-8-6-14-47(30)35(49)21(3)43-37(51)53-4/h10-13,16-21,30-32H,6-9,14-15H2,1-5H3,(H,41,44)(H,42,45)(H,43,51)(H,46,52)/t21?,30-,31-,32-/m0/s1. The molecule has 2 aromatic carbocycles. The highest BCUT2D eigenvalue weighted by atomic mass is 19.1. The van der Waals surface area contributed by atoms with Crippen molar-refractivity contribution in [2.45, 2.75) is 70.6 Å². The van der Waals surface area contributed by atoms with E-state index in [2.05, 4.69) is 35.3 Å². The highest BCUT2D eigenvalue weighted by molar-refractivity contribution is 5.87. The number of aromatic amines is 2. The van der Waals surface area contributed by atoms with E-state index in [0.717, 1.165) is 12.8 Å². The van der Waals surface area contributed by atoms with Gasteiger partial charge in [0, 0.05) is 24.2 Å². The van der Waals surface area contributed by atoms with Crippen molar-refractivity contribution in [1.29, 1.82) is 0 Å². The Kier molecular flexibility index (Phi) is 11.3. The van der Waals surface area contributed by atoms with Crippen LogP contribution in [0.15, 0.2) is 48.8 Å². The number of halogens is 2. The number of amides is 4. The number of nitrogens with one attached hydrogen (secondary N) is 4. The van der Waals surface area contributed by atoms with Crippen LogP contribution in [0.25, 0.3) is 33.6 Å². The molecule has 14 nitrogen and oxygen atoms in total.